The van der Waals surface area contributed by atoms with Crippen molar-refractivity contribution in [1.29, 1.82) is 0 Å². The average molecular weight is 332 g/mol. The highest BCUT2D eigenvalue weighted by molar-refractivity contribution is 8.76. The summed E-state index contributed by atoms with van der Waals surface area (Å²) in [6.45, 7) is 1.23. The number of rotatable bonds is 9. The van der Waals surface area contributed by atoms with Crippen LogP contribution in [0.25, 0.3) is 0 Å². The molecule has 0 atom stereocenters. The molecular formula is C16H16N2O2S2. The van der Waals surface area contributed by atoms with E-state index in [4.69, 9.17) is 0 Å². The maximum atomic E-state index is 11.6. The van der Waals surface area contributed by atoms with Gasteiger partial charge in [-0.3, -0.25) is 9.59 Å². The molecule has 0 saturated carbocycles. The van der Waals surface area contributed by atoms with E-state index >= 15 is 0 Å². The van der Waals surface area contributed by atoms with Crippen LogP contribution in [0.5, 0.6) is 0 Å². The topological polar surface area (TPSA) is 58.2 Å². The largest absolute Gasteiger partial charge is 0.351 e. The predicted molar refractivity (Wildman–Crippen MR) is 92.4 cm³/mol. The van der Waals surface area contributed by atoms with Crippen LogP contribution >= 0.6 is 21.6 Å². The zero-order valence-electron chi connectivity index (χ0n) is 11.9. The van der Waals surface area contributed by atoms with E-state index in [1.807, 2.05) is 0 Å². The predicted octanol–water partition coefficient (Wildman–Crippen LogP) is 1.90. The Kier molecular flexibility index (Phi) is 6.94. The van der Waals surface area contributed by atoms with Gasteiger partial charge in [-0.25, -0.2) is 0 Å². The molecule has 4 nitrogen and oxygen atoms in total. The fourth-order valence-corrected chi connectivity index (χ4v) is 3.48. The summed E-state index contributed by atoms with van der Waals surface area (Å²) >= 11 is 0. The summed E-state index contributed by atoms with van der Waals surface area (Å²) in [6.07, 6.45) is 10.5. The van der Waals surface area contributed by atoms with E-state index in [2.05, 4.69) is 22.1 Å². The minimum absolute atomic E-state index is 0.0891. The normalized spacial score (nSPS) is 14.2. The zero-order chi connectivity index (χ0) is 15.6. The molecule has 114 valence electrons. The Morgan fingerprint density at radius 1 is 0.864 bits per heavy atom. The van der Waals surface area contributed by atoms with Crippen LogP contribution in [-0.2, 0) is 9.59 Å². The number of carbonyl (C=O) groups excluding carboxylic acids is 2. The van der Waals surface area contributed by atoms with Gasteiger partial charge >= 0.3 is 0 Å². The molecule has 0 radical (unpaired) electrons. The first kappa shape index (κ1) is 16.5. The van der Waals surface area contributed by atoms with Crippen LogP contribution in [0.1, 0.15) is 0 Å². The molecule has 2 rings (SSSR count). The first-order valence-electron chi connectivity index (χ1n) is 6.85. The lowest BCUT2D eigenvalue weighted by atomic mass is 10.3. The van der Waals surface area contributed by atoms with Gasteiger partial charge in [0.15, 0.2) is 0 Å². The highest BCUT2D eigenvalue weighted by Gasteiger charge is 2.07. The number of hydrogen-bond acceptors (Lipinski definition) is 4. The van der Waals surface area contributed by atoms with Crippen molar-refractivity contribution in [3.8, 4) is 0 Å². The quantitative estimate of drug-likeness (QED) is 0.385. The van der Waals surface area contributed by atoms with E-state index in [1.165, 1.54) is 0 Å². The fraction of sp³-hybridized carbons (Fsp3) is 0.250. The maximum absolute atomic E-state index is 11.6. The standard InChI is InChI=1S/C16H16N2O2S2/c19-15(13-5-1-2-6-13)17-9-11-21-22-12-10-18-16(20)14-7-3-4-8-14/h1-5,7H,9-12H2,(H,17,19)(H,18,20). The molecule has 2 aliphatic rings. The van der Waals surface area contributed by atoms with Crippen LogP contribution in [0.3, 0.4) is 0 Å². The van der Waals surface area contributed by atoms with Crippen molar-refractivity contribution in [1.82, 2.24) is 10.6 Å². The Hall–Kier alpha value is -1.84. The lowest BCUT2D eigenvalue weighted by Crippen LogP contribution is -2.26. The molecule has 2 N–H and O–H groups in total. The minimum atomic E-state index is -0.0891. The number of hydrogen-bond donors (Lipinski definition) is 2. The Labute approximate surface area is 137 Å². The van der Waals surface area contributed by atoms with Crippen molar-refractivity contribution in [3.05, 3.63) is 59.1 Å². The molecule has 6 heteroatoms. The third kappa shape index (κ3) is 5.51. The Balaban J connectivity index is 1.44. The van der Waals surface area contributed by atoms with Gasteiger partial charge in [-0.1, -0.05) is 33.7 Å². The van der Waals surface area contributed by atoms with E-state index in [1.54, 1.807) is 58.0 Å². The molecule has 2 amide bonds. The van der Waals surface area contributed by atoms with Gasteiger partial charge in [-0.15, -0.1) is 11.5 Å². The van der Waals surface area contributed by atoms with Gasteiger partial charge in [0.05, 0.1) is 11.1 Å². The van der Waals surface area contributed by atoms with Crippen molar-refractivity contribution in [2.45, 2.75) is 0 Å². The van der Waals surface area contributed by atoms with E-state index in [-0.39, 0.29) is 11.8 Å². The van der Waals surface area contributed by atoms with Crippen LogP contribution in [-0.4, -0.2) is 36.4 Å². The molecule has 2 aliphatic carbocycles. The number of amides is 2. The van der Waals surface area contributed by atoms with Crippen LogP contribution in [0, 0.1) is 0 Å². The fourth-order valence-electron chi connectivity index (χ4n) is 1.66. The average Bonchev–Trinajstić information content (AvgIpc) is 3.22. The van der Waals surface area contributed by atoms with E-state index in [0.29, 0.717) is 24.2 Å². The highest BCUT2D eigenvalue weighted by atomic mass is 33.1. The molecule has 0 spiro atoms. The third-order valence-electron chi connectivity index (χ3n) is 2.71. The SMILES string of the molecule is O=C(NCCSSCCNC(=O)C1=C=CC=C1)C1=C=CC=C1. The van der Waals surface area contributed by atoms with Crippen LogP contribution < -0.4 is 10.6 Å². The van der Waals surface area contributed by atoms with Crippen molar-refractivity contribution in [3.63, 3.8) is 0 Å². The zero-order valence-corrected chi connectivity index (χ0v) is 13.6. The molecule has 0 fully saturated rings. The molecule has 0 aromatic rings. The molecule has 0 aliphatic heterocycles. The summed E-state index contributed by atoms with van der Waals surface area (Å²) in [5, 5.41) is 5.67. The van der Waals surface area contributed by atoms with Crippen LogP contribution in [0.4, 0.5) is 0 Å². The summed E-state index contributed by atoms with van der Waals surface area (Å²) in [5.41, 5.74) is 6.87. The second-order valence-electron chi connectivity index (χ2n) is 4.32. The van der Waals surface area contributed by atoms with Gasteiger partial charge in [0.2, 0.25) is 0 Å². The molecule has 0 aromatic carbocycles. The second-order valence-corrected chi connectivity index (χ2v) is 7.03. The summed E-state index contributed by atoms with van der Waals surface area (Å²) in [4.78, 5) is 23.2. The van der Waals surface area contributed by atoms with Gasteiger partial charge in [0.25, 0.3) is 11.8 Å². The second kappa shape index (κ2) is 9.23. The van der Waals surface area contributed by atoms with E-state index < -0.39 is 0 Å². The monoisotopic (exact) mass is 332 g/mol. The first-order valence-corrected chi connectivity index (χ1v) is 9.34. The minimum Gasteiger partial charge on any atom is -0.351 e. The Bertz CT molecular complexity index is 579. The number of nitrogens with one attached hydrogen (secondary N) is 2. The molecule has 0 unspecified atom stereocenters. The van der Waals surface area contributed by atoms with Crippen molar-refractivity contribution >= 4 is 33.4 Å². The summed E-state index contributed by atoms with van der Waals surface area (Å²) < 4.78 is 0. The lowest BCUT2D eigenvalue weighted by molar-refractivity contribution is -0.117. The number of allylic oxidation sites excluding steroid dienone is 2. The van der Waals surface area contributed by atoms with Crippen LogP contribution in [0.15, 0.2) is 59.1 Å². The van der Waals surface area contributed by atoms with Crippen molar-refractivity contribution in [2.75, 3.05) is 24.6 Å². The van der Waals surface area contributed by atoms with Crippen LogP contribution in [0.2, 0.25) is 0 Å². The first-order chi connectivity index (χ1) is 10.8. The smallest absolute Gasteiger partial charge is 0.259 e. The van der Waals surface area contributed by atoms with Crippen molar-refractivity contribution in [2.24, 2.45) is 0 Å². The lowest BCUT2D eigenvalue weighted by Gasteiger charge is -2.05. The van der Waals surface area contributed by atoms with Crippen molar-refractivity contribution < 1.29 is 9.59 Å². The van der Waals surface area contributed by atoms with E-state index in [0.717, 1.165) is 11.5 Å². The molecule has 0 aromatic heterocycles. The van der Waals surface area contributed by atoms with Gasteiger partial charge in [-0.05, 0) is 24.3 Å². The summed E-state index contributed by atoms with van der Waals surface area (Å²) in [5.74, 6) is 1.46. The summed E-state index contributed by atoms with van der Waals surface area (Å²) in [7, 11) is 3.35. The maximum Gasteiger partial charge on any atom is 0.259 e. The molecule has 22 heavy (non-hydrogen) atoms. The summed E-state index contributed by atoms with van der Waals surface area (Å²) in [6, 6.07) is 0. The molecule has 0 bridgehead atoms. The Morgan fingerprint density at radius 3 is 1.68 bits per heavy atom. The van der Waals surface area contributed by atoms with Gasteiger partial charge in [0, 0.05) is 24.6 Å². The third-order valence-corrected chi connectivity index (χ3v) is 5.12. The number of carbonyl (C=O) groups is 2. The molecule has 0 heterocycles. The highest BCUT2D eigenvalue weighted by Crippen LogP contribution is 2.19. The van der Waals surface area contributed by atoms with Gasteiger partial charge in [0.1, 0.15) is 0 Å². The van der Waals surface area contributed by atoms with Gasteiger partial charge < -0.3 is 10.6 Å². The van der Waals surface area contributed by atoms with Gasteiger partial charge in [-0.2, -0.15) is 0 Å². The molecule has 0 saturated heterocycles. The Morgan fingerprint density at radius 2 is 1.32 bits per heavy atom. The molecular weight excluding hydrogens is 316 g/mol. The van der Waals surface area contributed by atoms with E-state index in [9.17, 15) is 9.59 Å².